The maximum atomic E-state index is 13.6. The predicted octanol–water partition coefficient (Wildman–Crippen LogP) is 3.52. The Morgan fingerprint density at radius 1 is 1.15 bits per heavy atom. The van der Waals surface area contributed by atoms with Crippen molar-refractivity contribution in [2.45, 2.75) is 12.8 Å². The quantitative estimate of drug-likeness (QED) is 0.878. The van der Waals surface area contributed by atoms with Gasteiger partial charge in [0.15, 0.2) is 11.6 Å². The van der Waals surface area contributed by atoms with Crippen molar-refractivity contribution in [1.29, 1.82) is 0 Å². The fraction of sp³-hybridized carbons (Fsp3) is 0.154. The molecule has 0 bridgehead atoms. The van der Waals surface area contributed by atoms with E-state index in [2.05, 4.69) is 4.98 Å². The van der Waals surface area contributed by atoms with E-state index in [1.807, 2.05) is 0 Å². The highest BCUT2D eigenvalue weighted by Crippen LogP contribution is 2.32. The summed E-state index contributed by atoms with van der Waals surface area (Å²) >= 11 is 0. The number of hydrogen-bond donors (Lipinski definition) is 1. The fourth-order valence-corrected chi connectivity index (χ4v) is 1.48. The van der Waals surface area contributed by atoms with Crippen LogP contribution in [0.4, 0.5) is 17.6 Å². The third-order valence-corrected chi connectivity index (χ3v) is 2.45. The zero-order valence-corrected chi connectivity index (χ0v) is 9.99. The van der Waals surface area contributed by atoms with E-state index in [4.69, 9.17) is 9.84 Å². The number of alkyl halides is 3. The summed E-state index contributed by atoms with van der Waals surface area (Å²) < 4.78 is 56.1. The van der Waals surface area contributed by atoms with Crippen molar-refractivity contribution < 1.29 is 27.4 Å². The second kappa shape index (κ2) is 5.46. The molecule has 0 unspecified atom stereocenters. The van der Waals surface area contributed by atoms with Gasteiger partial charge in [0, 0.05) is 6.20 Å². The third-order valence-electron chi connectivity index (χ3n) is 2.45. The summed E-state index contributed by atoms with van der Waals surface area (Å²) in [5.74, 6) is -1.26. The van der Waals surface area contributed by atoms with Gasteiger partial charge in [0.1, 0.15) is 5.75 Å². The van der Waals surface area contributed by atoms with Crippen molar-refractivity contribution in [2.24, 2.45) is 0 Å². The van der Waals surface area contributed by atoms with E-state index < -0.39 is 17.6 Å². The van der Waals surface area contributed by atoms with Crippen molar-refractivity contribution in [3.63, 3.8) is 0 Å². The van der Waals surface area contributed by atoms with Crippen LogP contribution in [0.15, 0.2) is 36.7 Å². The number of aliphatic hydroxyl groups is 1. The van der Waals surface area contributed by atoms with Crippen molar-refractivity contribution in [2.75, 3.05) is 0 Å². The van der Waals surface area contributed by atoms with Gasteiger partial charge in [0.25, 0.3) is 0 Å². The maximum Gasteiger partial charge on any atom is 0.418 e. The Morgan fingerprint density at radius 2 is 1.90 bits per heavy atom. The average Bonchev–Trinajstić information content (AvgIpc) is 2.40. The Bertz CT molecular complexity index is 614. The number of ether oxygens (including phenoxy) is 1. The van der Waals surface area contributed by atoms with Gasteiger partial charge in [-0.1, -0.05) is 6.07 Å². The number of aliphatic hydroxyl groups excluding tert-OH is 1. The second-order valence-electron chi connectivity index (χ2n) is 3.93. The van der Waals surface area contributed by atoms with Gasteiger partial charge in [0.2, 0.25) is 0 Å². The predicted molar refractivity (Wildman–Crippen MR) is 61.6 cm³/mol. The molecule has 0 aliphatic rings. The lowest BCUT2D eigenvalue weighted by Crippen LogP contribution is -2.05. The number of hydrogen-bond acceptors (Lipinski definition) is 3. The minimum absolute atomic E-state index is 0.226. The largest absolute Gasteiger partial charge is 0.453 e. The summed E-state index contributed by atoms with van der Waals surface area (Å²) in [6, 6.07) is 4.39. The van der Waals surface area contributed by atoms with Crippen LogP contribution < -0.4 is 4.74 Å². The summed E-state index contributed by atoms with van der Waals surface area (Å²) in [6.07, 6.45) is -2.85. The van der Waals surface area contributed by atoms with E-state index in [0.29, 0.717) is 11.8 Å². The Labute approximate surface area is 111 Å². The maximum absolute atomic E-state index is 13.6. The van der Waals surface area contributed by atoms with E-state index in [-0.39, 0.29) is 18.1 Å². The van der Waals surface area contributed by atoms with E-state index >= 15 is 0 Å². The number of nitrogens with zero attached hydrogens (tertiary/aromatic N) is 1. The van der Waals surface area contributed by atoms with E-state index in [9.17, 15) is 17.6 Å². The molecule has 0 amide bonds. The van der Waals surface area contributed by atoms with Crippen LogP contribution >= 0.6 is 0 Å². The molecule has 0 saturated carbocycles. The van der Waals surface area contributed by atoms with Gasteiger partial charge in [-0.05, 0) is 23.8 Å². The molecule has 3 nitrogen and oxygen atoms in total. The second-order valence-corrected chi connectivity index (χ2v) is 3.93. The molecule has 2 aromatic rings. The number of benzene rings is 1. The van der Waals surface area contributed by atoms with Gasteiger partial charge < -0.3 is 9.84 Å². The van der Waals surface area contributed by atoms with Crippen molar-refractivity contribution in [1.82, 2.24) is 4.98 Å². The Hall–Kier alpha value is -2.15. The molecule has 0 saturated heterocycles. The molecule has 1 aromatic heterocycles. The molecule has 0 radical (unpaired) electrons. The number of aromatic nitrogens is 1. The van der Waals surface area contributed by atoms with E-state index in [0.717, 1.165) is 18.3 Å². The molecule has 0 fully saturated rings. The van der Waals surface area contributed by atoms with Crippen LogP contribution in [-0.4, -0.2) is 10.1 Å². The Morgan fingerprint density at radius 3 is 2.50 bits per heavy atom. The van der Waals surface area contributed by atoms with Crippen LogP contribution in [0.5, 0.6) is 11.5 Å². The third kappa shape index (κ3) is 3.24. The highest BCUT2D eigenvalue weighted by molar-refractivity contribution is 5.35. The standard InChI is InChI=1S/C13H9F4NO2/c14-11-3-8(7-19)1-2-12(11)20-10-4-9(5-18-6-10)13(15,16)17/h1-6,19H,7H2. The van der Waals surface area contributed by atoms with Gasteiger partial charge in [-0.2, -0.15) is 13.2 Å². The van der Waals surface area contributed by atoms with Gasteiger partial charge in [-0.15, -0.1) is 0 Å². The molecule has 7 heteroatoms. The fourth-order valence-electron chi connectivity index (χ4n) is 1.48. The van der Waals surface area contributed by atoms with Crippen LogP contribution in [0.3, 0.4) is 0 Å². The first-order valence-corrected chi connectivity index (χ1v) is 5.49. The van der Waals surface area contributed by atoms with Crippen LogP contribution in [0.1, 0.15) is 11.1 Å². The SMILES string of the molecule is OCc1ccc(Oc2cncc(C(F)(F)F)c2)c(F)c1. The van der Waals surface area contributed by atoms with Gasteiger partial charge >= 0.3 is 6.18 Å². The molecule has 1 heterocycles. The van der Waals surface area contributed by atoms with Crippen LogP contribution in [0, 0.1) is 5.82 Å². The van der Waals surface area contributed by atoms with Crippen LogP contribution in [-0.2, 0) is 12.8 Å². The van der Waals surface area contributed by atoms with E-state index in [1.165, 1.54) is 12.1 Å². The lowest BCUT2D eigenvalue weighted by atomic mass is 10.2. The highest BCUT2D eigenvalue weighted by Gasteiger charge is 2.31. The number of halogens is 4. The molecule has 0 aliphatic carbocycles. The average molecular weight is 287 g/mol. The van der Waals surface area contributed by atoms with Gasteiger partial charge in [-0.25, -0.2) is 4.39 Å². The topological polar surface area (TPSA) is 42.4 Å². The summed E-state index contributed by atoms with van der Waals surface area (Å²) in [6.45, 7) is -0.345. The molecular weight excluding hydrogens is 278 g/mol. The summed E-state index contributed by atoms with van der Waals surface area (Å²) in [7, 11) is 0. The summed E-state index contributed by atoms with van der Waals surface area (Å²) in [5.41, 5.74) is -0.653. The van der Waals surface area contributed by atoms with E-state index in [1.54, 1.807) is 0 Å². The molecule has 2 rings (SSSR count). The summed E-state index contributed by atoms with van der Waals surface area (Å²) in [4.78, 5) is 3.40. The Balaban J connectivity index is 2.26. The number of pyridine rings is 1. The molecule has 0 atom stereocenters. The molecule has 0 spiro atoms. The zero-order chi connectivity index (χ0) is 14.8. The minimum Gasteiger partial charge on any atom is -0.453 e. The van der Waals surface area contributed by atoms with Crippen molar-refractivity contribution in [3.8, 4) is 11.5 Å². The molecule has 106 valence electrons. The van der Waals surface area contributed by atoms with Crippen molar-refractivity contribution >= 4 is 0 Å². The molecule has 1 N–H and O–H groups in total. The monoisotopic (exact) mass is 287 g/mol. The lowest BCUT2D eigenvalue weighted by Gasteiger charge is -2.10. The van der Waals surface area contributed by atoms with Crippen molar-refractivity contribution in [3.05, 3.63) is 53.6 Å². The molecule has 20 heavy (non-hydrogen) atoms. The smallest absolute Gasteiger partial charge is 0.418 e. The first-order valence-electron chi connectivity index (χ1n) is 5.49. The normalized spacial score (nSPS) is 11.4. The molecule has 0 aliphatic heterocycles. The molecule has 1 aromatic carbocycles. The lowest BCUT2D eigenvalue weighted by molar-refractivity contribution is -0.137. The first kappa shape index (κ1) is 14.3. The molecular formula is C13H9F4NO2. The van der Waals surface area contributed by atoms with Crippen LogP contribution in [0.2, 0.25) is 0 Å². The van der Waals surface area contributed by atoms with Gasteiger partial charge in [0.05, 0.1) is 18.4 Å². The minimum atomic E-state index is -4.55. The number of rotatable bonds is 3. The zero-order valence-electron chi connectivity index (χ0n) is 9.99. The summed E-state index contributed by atoms with van der Waals surface area (Å²) in [5, 5.41) is 8.83. The first-order chi connectivity index (χ1) is 9.40. The van der Waals surface area contributed by atoms with Gasteiger partial charge in [-0.3, -0.25) is 4.98 Å². The Kier molecular flexibility index (Phi) is 3.89. The highest BCUT2D eigenvalue weighted by atomic mass is 19.4. The van der Waals surface area contributed by atoms with Crippen LogP contribution in [0.25, 0.3) is 0 Å².